The largest absolute Gasteiger partial charge is 0.456 e. The Bertz CT molecular complexity index is 2850. The van der Waals surface area contributed by atoms with E-state index in [1.165, 1.54) is 58.8 Å². The number of rotatable bonds is 6. The Morgan fingerprint density at radius 3 is 2.04 bits per heavy atom. The standard InChI is InChI=1S/C47H31NOS/c1-2-13-38-32(9-1)10-8-16-39(38)33-20-23-36(24-21-33)48(30-31-19-25-45-42(27-31)40-14-3-5-17-44(40)49-45)37-12-7-11-34(28-37)35-22-26-47-43(29-35)41-15-4-6-18-46(41)50-47/h1-29H,30H2. The molecule has 0 fully saturated rings. The number of hydrogen-bond acceptors (Lipinski definition) is 3. The topological polar surface area (TPSA) is 16.4 Å². The molecule has 0 saturated heterocycles. The van der Waals surface area contributed by atoms with Crippen molar-refractivity contribution in [2.24, 2.45) is 0 Å². The fourth-order valence-corrected chi connectivity index (χ4v) is 8.53. The number of hydrogen-bond donors (Lipinski definition) is 0. The third-order valence-electron chi connectivity index (χ3n) is 9.93. The molecule has 8 aromatic carbocycles. The van der Waals surface area contributed by atoms with E-state index in [2.05, 4.69) is 169 Å². The lowest BCUT2D eigenvalue weighted by Gasteiger charge is -2.26. The van der Waals surface area contributed by atoms with Crippen LogP contribution in [0.15, 0.2) is 180 Å². The van der Waals surface area contributed by atoms with E-state index in [1.54, 1.807) is 0 Å². The van der Waals surface area contributed by atoms with Crippen molar-refractivity contribution < 1.29 is 4.42 Å². The number of furan rings is 1. The Kier molecular flexibility index (Phi) is 6.78. The van der Waals surface area contributed by atoms with Crippen LogP contribution in [0.1, 0.15) is 5.56 Å². The van der Waals surface area contributed by atoms with Gasteiger partial charge in [0.2, 0.25) is 0 Å². The Morgan fingerprint density at radius 1 is 0.420 bits per heavy atom. The van der Waals surface area contributed by atoms with Crippen molar-refractivity contribution in [3.63, 3.8) is 0 Å². The van der Waals surface area contributed by atoms with E-state index in [1.807, 2.05) is 23.5 Å². The van der Waals surface area contributed by atoms with Crippen LogP contribution in [0.3, 0.4) is 0 Å². The van der Waals surface area contributed by atoms with E-state index >= 15 is 0 Å². The molecule has 0 spiro atoms. The lowest BCUT2D eigenvalue weighted by atomic mass is 9.98. The average molecular weight is 658 g/mol. The van der Waals surface area contributed by atoms with Crippen LogP contribution in [0.5, 0.6) is 0 Å². The zero-order chi connectivity index (χ0) is 33.0. The minimum atomic E-state index is 0.709. The van der Waals surface area contributed by atoms with Gasteiger partial charge in [0, 0.05) is 48.9 Å². The van der Waals surface area contributed by atoms with Crippen molar-refractivity contribution in [1.29, 1.82) is 0 Å². The van der Waals surface area contributed by atoms with Gasteiger partial charge in [-0.2, -0.15) is 0 Å². The number of nitrogens with zero attached hydrogens (tertiary/aromatic N) is 1. The van der Waals surface area contributed by atoms with Gasteiger partial charge in [-0.25, -0.2) is 0 Å². The van der Waals surface area contributed by atoms with Crippen molar-refractivity contribution >= 4 is 75.6 Å². The molecule has 10 rings (SSSR count). The van der Waals surface area contributed by atoms with E-state index < -0.39 is 0 Å². The third-order valence-corrected chi connectivity index (χ3v) is 11.1. The predicted molar refractivity (Wildman–Crippen MR) is 214 cm³/mol. The molecule has 0 saturated carbocycles. The molecule has 0 aliphatic carbocycles. The summed E-state index contributed by atoms with van der Waals surface area (Å²) in [4.78, 5) is 2.43. The molecule has 0 bridgehead atoms. The Labute approximate surface area is 294 Å². The first-order chi connectivity index (χ1) is 24.7. The lowest BCUT2D eigenvalue weighted by Crippen LogP contribution is -2.16. The van der Waals surface area contributed by atoms with Crippen molar-refractivity contribution in [3.8, 4) is 22.3 Å². The number of benzene rings is 8. The first kappa shape index (κ1) is 28.8. The maximum absolute atomic E-state index is 6.17. The van der Waals surface area contributed by atoms with Crippen LogP contribution in [0.4, 0.5) is 11.4 Å². The molecule has 0 amide bonds. The van der Waals surface area contributed by atoms with Gasteiger partial charge in [-0.15, -0.1) is 11.3 Å². The summed E-state index contributed by atoms with van der Waals surface area (Å²) >= 11 is 1.86. The van der Waals surface area contributed by atoms with Crippen LogP contribution in [0, 0.1) is 0 Å². The van der Waals surface area contributed by atoms with Crippen molar-refractivity contribution in [1.82, 2.24) is 0 Å². The molecular weight excluding hydrogens is 627 g/mol. The van der Waals surface area contributed by atoms with Crippen LogP contribution < -0.4 is 4.90 Å². The monoisotopic (exact) mass is 657 g/mol. The van der Waals surface area contributed by atoms with Crippen LogP contribution in [-0.2, 0) is 6.54 Å². The first-order valence-corrected chi connectivity index (χ1v) is 17.8. The van der Waals surface area contributed by atoms with Crippen LogP contribution in [0.2, 0.25) is 0 Å². The molecule has 0 atom stereocenters. The minimum Gasteiger partial charge on any atom is -0.456 e. The molecule has 236 valence electrons. The second kappa shape index (κ2) is 11.8. The molecule has 2 nitrogen and oxygen atoms in total. The van der Waals surface area contributed by atoms with E-state index in [9.17, 15) is 0 Å². The van der Waals surface area contributed by atoms with E-state index in [0.29, 0.717) is 6.54 Å². The second-order valence-electron chi connectivity index (χ2n) is 12.9. The van der Waals surface area contributed by atoms with Gasteiger partial charge >= 0.3 is 0 Å². The van der Waals surface area contributed by atoms with E-state index in [-0.39, 0.29) is 0 Å². The number of anilines is 2. The fourth-order valence-electron chi connectivity index (χ4n) is 7.44. The van der Waals surface area contributed by atoms with Gasteiger partial charge in [0.15, 0.2) is 0 Å². The highest BCUT2D eigenvalue weighted by Gasteiger charge is 2.15. The summed E-state index contributed by atoms with van der Waals surface area (Å²) in [5.41, 5.74) is 10.2. The highest BCUT2D eigenvalue weighted by molar-refractivity contribution is 7.25. The fraction of sp³-hybridized carbons (Fsp3) is 0.0213. The van der Waals surface area contributed by atoms with Crippen molar-refractivity contribution in [2.45, 2.75) is 6.54 Å². The van der Waals surface area contributed by atoms with Crippen molar-refractivity contribution in [2.75, 3.05) is 4.90 Å². The summed E-state index contributed by atoms with van der Waals surface area (Å²) < 4.78 is 8.82. The van der Waals surface area contributed by atoms with Gasteiger partial charge in [-0.3, -0.25) is 0 Å². The maximum atomic E-state index is 6.17. The lowest BCUT2D eigenvalue weighted by molar-refractivity contribution is 0.668. The van der Waals surface area contributed by atoms with Gasteiger partial charge in [0.25, 0.3) is 0 Å². The summed E-state index contributed by atoms with van der Waals surface area (Å²) in [5.74, 6) is 0. The Hall–Kier alpha value is -6.16. The number of fused-ring (bicyclic) bond motifs is 7. The number of thiophene rings is 1. The van der Waals surface area contributed by atoms with Gasteiger partial charge < -0.3 is 9.32 Å². The molecule has 2 aromatic heterocycles. The molecule has 0 unspecified atom stereocenters. The molecule has 0 aliphatic heterocycles. The normalized spacial score (nSPS) is 11.7. The zero-order valence-corrected chi connectivity index (χ0v) is 28.0. The van der Waals surface area contributed by atoms with Gasteiger partial charge in [0.05, 0.1) is 0 Å². The quantitative estimate of drug-likeness (QED) is 0.177. The molecule has 3 heteroatoms. The van der Waals surface area contributed by atoms with Gasteiger partial charge in [-0.05, 0) is 99.3 Å². The highest BCUT2D eigenvalue weighted by atomic mass is 32.1. The summed E-state index contributed by atoms with van der Waals surface area (Å²) in [6.07, 6.45) is 0. The summed E-state index contributed by atoms with van der Waals surface area (Å²) in [7, 11) is 0. The maximum Gasteiger partial charge on any atom is 0.135 e. The predicted octanol–water partition coefficient (Wildman–Crippen LogP) is 13.8. The summed E-state index contributed by atoms with van der Waals surface area (Å²) in [6.45, 7) is 0.709. The van der Waals surface area contributed by atoms with E-state index in [0.717, 1.165) is 33.3 Å². The molecule has 0 radical (unpaired) electrons. The molecule has 0 N–H and O–H groups in total. The smallest absolute Gasteiger partial charge is 0.135 e. The molecular formula is C47H31NOS. The minimum absolute atomic E-state index is 0.709. The van der Waals surface area contributed by atoms with Gasteiger partial charge in [-0.1, -0.05) is 115 Å². The zero-order valence-electron chi connectivity index (χ0n) is 27.2. The molecule has 2 heterocycles. The van der Waals surface area contributed by atoms with Crippen LogP contribution in [0.25, 0.3) is 75.1 Å². The Balaban J connectivity index is 1.08. The van der Waals surface area contributed by atoms with Gasteiger partial charge in [0.1, 0.15) is 11.2 Å². The third kappa shape index (κ3) is 4.94. The van der Waals surface area contributed by atoms with Crippen molar-refractivity contribution in [3.05, 3.63) is 181 Å². The molecule has 10 aromatic rings. The highest BCUT2D eigenvalue weighted by Crippen LogP contribution is 2.39. The van der Waals surface area contributed by atoms with Crippen LogP contribution in [-0.4, -0.2) is 0 Å². The second-order valence-corrected chi connectivity index (χ2v) is 14.0. The molecule has 50 heavy (non-hydrogen) atoms. The SMILES string of the molecule is c1cc(-c2ccc3sc4ccccc4c3c2)cc(N(Cc2ccc3oc4ccccc4c3c2)c2ccc(-c3cccc4ccccc34)cc2)c1. The van der Waals surface area contributed by atoms with E-state index in [4.69, 9.17) is 4.42 Å². The first-order valence-electron chi connectivity index (χ1n) is 17.0. The van der Waals surface area contributed by atoms with Crippen LogP contribution >= 0.6 is 11.3 Å². The summed E-state index contributed by atoms with van der Waals surface area (Å²) in [6, 6.07) is 63.7. The Morgan fingerprint density at radius 2 is 1.12 bits per heavy atom. The molecule has 0 aliphatic rings. The number of para-hydroxylation sites is 1. The summed E-state index contributed by atoms with van der Waals surface area (Å²) in [5, 5.41) is 7.45. The average Bonchev–Trinajstić information content (AvgIpc) is 3.75.